The van der Waals surface area contributed by atoms with Gasteiger partial charge >= 0.3 is 0 Å². The molecule has 0 aliphatic carbocycles. The summed E-state index contributed by atoms with van der Waals surface area (Å²) in [4.78, 5) is 2.22. The van der Waals surface area contributed by atoms with Crippen molar-refractivity contribution >= 4 is 0 Å². The molecular weight excluding hydrogens is 244 g/mol. The Labute approximate surface area is 114 Å². The second kappa shape index (κ2) is 7.52. The molecule has 108 valence electrons. The van der Waals surface area contributed by atoms with Crippen LogP contribution in [0, 0.1) is 0 Å². The van der Waals surface area contributed by atoms with Crippen LogP contribution in [0.2, 0.25) is 0 Å². The first-order chi connectivity index (χ1) is 9.33. The maximum absolute atomic E-state index is 9.19. The van der Waals surface area contributed by atoms with Crippen LogP contribution in [-0.2, 0) is 13.1 Å². The Balaban J connectivity index is 1.92. The quantitative estimate of drug-likeness (QED) is 0.670. The van der Waals surface area contributed by atoms with E-state index in [-0.39, 0.29) is 6.61 Å². The minimum atomic E-state index is 0.169. The molecule has 1 unspecified atom stereocenters. The fourth-order valence-corrected chi connectivity index (χ4v) is 2.52. The lowest BCUT2D eigenvalue weighted by molar-refractivity contribution is 0.174. The van der Waals surface area contributed by atoms with Gasteiger partial charge in [0.1, 0.15) is 0 Å². The third kappa shape index (κ3) is 4.22. The van der Waals surface area contributed by atoms with Gasteiger partial charge in [0.2, 0.25) is 0 Å². The number of aryl methyl sites for hydroxylation is 1. The molecule has 2 N–H and O–H groups in total. The summed E-state index contributed by atoms with van der Waals surface area (Å²) >= 11 is 0. The van der Waals surface area contributed by atoms with Gasteiger partial charge in [-0.15, -0.1) is 5.10 Å². The molecule has 1 aromatic rings. The molecule has 0 amide bonds. The summed E-state index contributed by atoms with van der Waals surface area (Å²) in [5, 5.41) is 24.5. The van der Waals surface area contributed by atoms with Crippen molar-refractivity contribution in [3.8, 4) is 0 Å². The Hall–Kier alpha value is -1.05. The predicted octanol–water partition coefficient (Wildman–Crippen LogP) is -0.371. The number of nitrogens with zero attached hydrogens (tertiary/aromatic N) is 5. The van der Waals surface area contributed by atoms with Gasteiger partial charge in [-0.2, -0.15) is 0 Å². The van der Waals surface area contributed by atoms with Gasteiger partial charge in [0.25, 0.3) is 0 Å². The smallest absolute Gasteiger partial charge is 0.165 e. The van der Waals surface area contributed by atoms with E-state index in [0.29, 0.717) is 19.1 Å². The first kappa shape index (κ1) is 14.4. The molecule has 0 aromatic carbocycles. The second-order valence-corrected chi connectivity index (χ2v) is 5.07. The van der Waals surface area contributed by atoms with Crippen LogP contribution in [0.3, 0.4) is 0 Å². The molecule has 7 heteroatoms. The van der Waals surface area contributed by atoms with E-state index in [0.717, 1.165) is 31.9 Å². The van der Waals surface area contributed by atoms with Crippen molar-refractivity contribution in [1.29, 1.82) is 0 Å². The number of hydrogen-bond donors (Lipinski definition) is 2. The summed E-state index contributed by atoms with van der Waals surface area (Å²) in [6.07, 6.45) is 3.47. The van der Waals surface area contributed by atoms with Crippen molar-refractivity contribution in [2.75, 3.05) is 26.2 Å². The average molecular weight is 268 g/mol. The van der Waals surface area contributed by atoms with E-state index < -0.39 is 0 Å². The summed E-state index contributed by atoms with van der Waals surface area (Å²) < 4.78 is 1.85. The molecule has 0 radical (unpaired) electrons. The monoisotopic (exact) mass is 268 g/mol. The zero-order valence-electron chi connectivity index (χ0n) is 11.6. The molecule has 2 rings (SSSR count). The van der Waals surface area contributed by atoms with Crippen LogP contribution in [0.15, 0.2) is 0 Å². The molecule has 1 aromatic heterocycles. The van der Waals surface area contributed by atoms with Gasteiger partial charge in [0.05, 0.1) is 13.2 Å². The number of rotatable bonds is 8. The van der Waals surface area contributed by atoms with Gasteiger partial charge in [-0.3, -0.25) is 4.90 Å². The van der Waals surface area contributed by atoms with Crippen LogP contribution in [0.4, 0.5) is 0 Å². The van der Waals surface area contributed by atoms with Crippen LogP contribution >= 0.6 is 0 Å². The van der Waals surface area contributed by atoms with Crippen molar-refractivity contribution in [3.63, 3.8) is 0 Å². The molecule has 1 fully saturated rings. The Morgan fingerprint density at radius 1 is 1.53 bits per heavy atom. The fourth-order valence-electron chi connectivity index (χ4n) is 2.52. The lowest BCUT2D eigenvalue weighted by atomic mass is 10.2. The lowest BCUT2D eigenvalue weighted by Gasteiger charge is -2.24. The van der Waals surface area contributed by atoms with E-state index in [9.17, 15) is 5.11 Å². The second-order valence-electron chi connectivity index (χ2n) is 5.07. The average Bonchev–Trinajstić information content (AvgIpc) is 3.03. The molecule has 1 aliphatic rings. The first-order valence-corrected chi connectivity index (χ1v) is 7.15. The van der Waals surface area contributed by atoms with Gasteiger partial charge in [-0.25, -0.2) is 4.68 Å². The molecule has 1 atom stereocenters. The normalized spacial score (nSPS) is 19.4. The van der Waals surface area contributed by atoms with Crippen molar-refractivity contribution in [2.45, 2.75) is 45.3 Å². The van der Waals surface area contributed by atoms with E-state index in [1.54, 1.807) is 0 Å². The minimum Gasteiger partial charge on any atom is -0.395 e. The number of tetrazole rings is 1. The van der Waals surface area contributed by atoms with Crippen LogP contribution in [-0.4, -0.2) is 62.5 Å². The largest absolute Gasteiger partial charge is 0.395 e. The summed E-state index contributed by atoms with van der Waals surface area (Å²) in [6.45, 7) is 6.53. The van der Waals surface area contributed by atoms with Crippen LogP contribution in [0.5, 0.6) is 0 Å². The molecule has 7 nitrogen and oxygen atoms in total. The minimum absolute atomic E-state index is 0.169. The summed E-state index contributed by atoms with van der Waals surface area (Å²) in [6, 6.07) is 0.530. The number of hydrogen-bond acceptors (Lipinski definition) is 6. The van der Waals surface area contributed by atoms with Crippen molar-refractivity contribution < 1.29 is 5.11 Å². The van der Waals surface area contributed by atoms with Gasteiger partial charge in [-0.05, 0) is 36.2 Å². The lowest BCUT2D eigenvalue weighted by Crippen LogP contribution is -2.39. The highest BCUT2D eigenvalue weighted by molar-refractivity contribution is 4.84. The standard InChI is InChI=1S/C12H24N6O/c1-2-6-18-12(14-15-16-18)10-17(7-8-19)9-11-4-3-5-13-11/h11,13,19H,2-10H2,1H3. The van der Waals surface area contributed by atoms with E-state index >= 15 is 0 Å². The SMILES string of the molecule is CCCn1nnnc1CN(CCO)CC1CCCN1. The Morgan fingerprint density at radius 3 is 3.11 bits per heavy atom. The van der Waals surface area contributed by atoms with E-state index in [1.807, 2.05) is 4.68 Å². The number of aromatic nitrogens is 4. The predicted molar refractivity (Wildman–Crippen MR) is 71.5 cm³/mol. The summed E-state index contributed by atoms with van der Waals surface area (Å²) in [7, 11) is 0. The summed E-state index contributed by atoms with van der Waals surface area (Å²) in [5.41, 5.74) is 0. The Morgan fingerprint density at radius 2 is 2.42 bits per heavy atom. The van der Waals surface area contributed by atoms with Crippen molar-refractivity contribution in [2.24, 2.45) is 0 Å². The Bertz CT molecular complexity index is 363. The number of aliphatic hydroxyl groups is 1. The molecule has 1 saturated heterocycles. The third-order valence-corrected chi connectivity index (χ3v) is 3.46. The highest BCUT2D eigenvalue weighted by Gasteiger charge is 2.19. The van der Waals surface area contributed by atoms with E-state index in [4.69, 9.17) is 0 Å². The molecule has 2 heterocycles. The topological polar surface area (TPSA) is 79.1 Å². The van der Waals surface area contributed by atoms with Crippen LogP contribution < -0.4 is 5.32 Å². The van der Waals surface area contributed by atoms with Gasteiger partial charge < -0.3 is 10.4 Å². The van der Waals surface area contributed by atoms with Gasteiger partial charge in [0.15, 0.2) is 5.82 Å². The molecule has 0 saturated carbocycles. The zero-order chi connectivity index (χ0) is 13.5. The molecule has 1 aliphatic heterocycles. The first-order valence-electron chi connectivity index (χ1n) is 7.15. The van der Waals surface area contributed by atoms with Gasteiger partial charge in [0, 0.05) is 25.7 Å². The number of nitrogens with one attached hydrogen (secondary N) is 1. The summed E-state index contributed by atoms with van der Waals surface area (Å²) in [5.74, 6) is 0.883. The fraction of sp³-hybridized carbons (Fsp3) is 0.917. The number of aliphatic hydroxyl groups excluding tert-OH is 1. The van der Waals surface area contributed by atoms with Crippen LogP contribution in [0.1, 0.15) is 32.0 Å². The zero-order valence-corrected chi connectivity index (χ0v) is 11.6. The third-order valence-electron chi connectivity index (χ3n) is 3.46. The van der Waals surface area contributed by atoms with Crippen molar-refractivity contribution in [1.82, 2.24) is 30.4 Å². The van der Waals surface area contributed by atoms with E-state index in [1.165, 1.54) is 12.8 Å². The molecular formula is C12H24N6O. The highest BCUT2D eigenvalue weighted by Crippen LogP contribution is 2.09. The molecule has 0 spiro atoms. The molecule has 19 heavy (non-hydrogen) atoms. The van der Waals surface area contributed by atoms with E-state index in [2.05, 4.69) is 32.7 Å². The van der Waals surface area contributed by atoms with Gasteiger partial charge in [-0.1, -0.05) is 6.92 Å². The van der Waals surface area contributed by atoms with Crippen LogP contribution in [0.25, 0.3) is 0 Å². The Kier molecular flexibility index (Phi) is 5.68. The maximum Gasteiger partial charge on any atom is 0.165 e. The highest BCUT2D eigenvalue weighted by atomic mass is 16.3. The maximum atomic E-state index is 9.19. The van der Waals surface area contributed by atoms with Crippen molar-refractivity contribution in [3.05, 3.63) is 5.82 Å². The molecule has 0 bridgehead atoms.